The molecule has 3 aromatic rings. The second-order valence-electron chi connectivity index (χ2n) is 7.61. The van der Waals surface area contributed by atoms with Crippen molar-refractivity contribution in [1.82, 2.24) is 9.80 Å². The first kappa shape index (κ1) is 21.2. The quantitative estimate of drug-likeness (QED) is 0.571. The van der Waals surface area contributed by atoms with Crippen molar-refractivity contribution >= 4 is 17.7 Å². The first-order valence-corrected chi connectivity index (χ1v) is 11.4. The predicted octanol–water partition coefficient (Wildman–Crippen LogP) is 5.06. The van der Waals surface area contributed by atoms with Gasteiger partial charge in [0.15, 0.2) is 0 Å². The van der Waals surface area contributed by atoms with E-state index in [0.717, 1.165) is 48.9 Å². The summed E-state index contributed by atoms with van der Waals surface area (Å²) in [7, 11) is 0. The Bertz CT molecular complexity index is 1080. The summed E-state index contributed by atoms with van der Waals surface area (Å²) in [6.45, 7) is 4.26. The number of nitrogens with zero attached hydrogens (tertiary/aromatic N) is 3. The molecule has 1 saturated heterocycles. The minimum absolute atomic E-state index is 0.0686. The third-order valence-electron chi connectivity index (χ3n) is 5.47. The van der Waals surface area contributed by atoms with Crippen molar-refractivity contribution in [2.75, 3.05) is 26.2 Å². The summed E-state index contributed by atoms with van der Waals surface area (Å²) in [5.74, 6) is 0.0686. The summed E-state index contributed by atoms with van der Waals surface area (Å²) < 4.78 is 0. The molecule has 0 radical (unpaired) electrons. The summed E-state index contributed by atoms with van der Waals surface area (Å²) in [6, 6.07) is 28.0. The molecular formula is C26H25N3OS. The molecule has 0 N–H and O–H groups in total. The average molecular weight is 428 g/mol. The average Bonchev–Trinajstić information content (AvgIpc) is 3.06. The van der Waals surface area contributed by atoms with Crippen molar-refractivity contribution in [1.29, 1.82) is 5.26 Å². The van der Waals surface area contributed by atoms with Gasteiger partial charge in [-0.2, -0.15) is 5.26 Å². The SMILES string of the molecule is N#Cc1ccccc1Sc1ccccc1C(=O)N1CCCN(Cc2ccccc2)CC1. The third-order valence-corrected chi connectivity index (χ3v) is 6.62. The first-order chi connectivity index (χ1) is 15.2. The lowest BCUT2D eigenvalue weighted by Crippen LogP contribution is -2.35. The predicted molar refractivity (Wildman–Crippen MR) is 124 cm³/mol. The molecule has 0 bridgehead atoms. The van der Waals surface area contributed by atoms with E-state index >= 15 is 0 Å². The van der Waals surface area contributed by atoms with Crippen molar-refractivity contribution in [3.8, 4) is 6.07 Å². The van der Waals surface area contributed by atoms with Crippen LogP contribution in [0.5, 0.6) is 0 Å². The highest BCUT2D eigenvalue weighted by atomic mass is 32.2. The summed E-state index contributed by atoms with van der Waals surface area (Å²) in [6.07, 6.45) is 0.963. The van der Waals surface area contributed by atoms with Crippen LogP contribution in [0.1, 0.15) is 27.9 Å². The van der Waals surface area contributed by atoms with Gasteiger partial charge in [-0.3, -0.25) is 9.69 Å². The van der Waals surface area contributed by atoms with Gasteiger partial charge in [-0.1, -0.05) is 66.4 Å². The number of benzene rings is 3. The van der Waals surface area contributed by atoms with Gasteiger partial charge >= 0.3 is 0 Å². The first-order valence-electron chi connectivity index (χ1n) is 10.6. The van der Waals surface area contributed by atoms with E-state index in [0.29, 0.717) is 11.1 Å². The van der Waals surface area contributed by atoms with E-state index in [9.17, 15) is 10.1 Å². The van der Waals surface area contributed by atoms with Crippen molar-refractivity contribution < 1.29 is 4.79 Å². The van der Waals surface area contributed by atoms with E-state index in [1.165, 1.54) is 17.3 Å². The lowest BCUT2D eigenvalue weighted by molar-refractivity contribution is 0.0757. The highest BCUT2D eigenvalue weighted by Crippen LogP contribution is 2.33. The Morgan fingerprint density at radius 3 is 2.35 bits per heavy atom. The molecule has 1 aliphatic rings. The Hall–Kier alpha value is -3.07. The summed E-state index contributed by atoms with van der Waals surface area (Å²) >= 11 is 1.48. The standard InChI is InChI=1S/C26H25N3OS/c27-19-22-11-4-6-13-24(22)31-25-14-7-5-12-23(25)26(30)29-16-8-15-28(17-18-29)20-21-9-2-1-3-10-21/h1-7,9-14H,8,15-18,20H2. The summed E-state index contributed by atoms with van der Waals surface area (Å²) in [4.78, 5) is 19.6. The molecule has 0 unspecified atom stereocenters. The van der Waals surface area contributed by atoms with Crippen LogP contribution in [-0.4, -0.2) is 41.9 Å². The third kappa shape index (κ3) is 5.35. The van der Waals surface area contributed by atoms with Crippen LogP contribution in [-0.2, 0) is 6.54 Å². The smallest absolute Gasteiger partial charge is 0.255 e. The fraction of sp³-hybridized carbons (Fsp3) is 0.231. The number of amides is 1. The number of carbonyl (C=O) groups is 1. The summed E-state index contributed by atoms with van der Waals surface area (Å²) in [5, 5.41) is 9.40. The van der Waals surface area contributed by atoms with Crippen LogP contribution in [0.3, 0.4) is 0 Å². The Morgan fingerprint density at radius 2 is 1.55 bits per heavy atom. The second-order valence-corrected chi connectivity index (χ2v) is 8.70. The van der Waals surface area contributed by atoms with Crippen molar-refractivity contribution in [3.05, 3.63) is 95.6 Å². The van der Waals surface area contributed by atoms with Gasteiger partial charge < -0.3 is 4.90 Å². The molecule has 4 nitrogen and oxygen atoms in total. The molecule has 1 heterocycles. The lowest BCUT2D eigenvalue weighted by atomic mass is 10.2. The van der Waals surface area contributed by atoms with Crippen molar-refractivity contribution in [2.24, 2.45) is 0 Å². The normalized spacial score (nSPS) is 14.6. The number of hydrogen-bond donors (Lipinski definition) is 0. The number of nitriles is 1. The molecule has 0 atom stereocenters. The molecule has 0 saturated carbocycles. The molecule has 0 aromatic heterocycles. The van der Waals surface area contributed by atoms with Crippen LogP contribution in [0.2, 0.25) is 0 Å². The Kier molecular flexibility index (Phi) is 7.03. The maximum Gasteiger partial charge on any atom is 0.255 e. The number of hydrogen-bond acceptors (Lipinski definition) is 4. The molecule has 0 spiro atoms. The van der Waals surface area contributed by atoms with Crippen LogP contribution in [0, 0.1) is 11.3 Å². The molecule has 3 aromatic carbocycles. The molecule has 156 valence electrons. The van der Waals surface area contributed by atoms with Crippen LogP contribution < -0.4 is 0 Å². The van der Waals surface area contributed by atoms with Gasteiger partial charge in [-0.15, -0.1) is 0 Å². The minimum Gasteiger partial charge on any atom is -0.337 e. The molecule has 1 amide bonds. The van der Waals surface area contributed by atoms with E-state index in [-0.39, 0.29) is 5.91 Å². The Morgan fingerprint density at radius 1 is 0.839 bits per heavy atom. The number of rotatable bonds is 5. The van der Waals surface area contributed by atoms with Gasteiger partial charge in [0, 0.05) is 42.5 Å². The lowest BCUT2D eigenvalue weighted by Gasteiger charge is -2.23. The highest BCUT2D eigenvalue weighted by Gasteiger charge is 2.22. The van der Waals surface area contributed by atoms with E-state index < -0.39 is 0 Å². The van der Waals surface area contributed by atoms with E-state index in [1.807, 2.05) is 59.5 Å². The van der Waals surface area contributed by atoms with Gasteiger partial charge in [0.2, 0.25) is 0 Å². The van der Waals surface area contributed by atoms with Crippen LogP contribution in [0.15, 0.2) is 88.7 Å². The molecule has 0 aliphatic carbocycles. The topological polar surface area (TPSA) is 47.3 Å². The van der Waals surface area contributed by atoms with Gasteiger partial charge in [0.05, 0.1) is 11.1 Å². The molecule has 1 fully saturated rings. The maximum atomic E-state index is 13.4. The molecule has 5 heteroatoms. The fourth-order valence-corrected chi connectivity index (χ4v) is 4.86. The number of carbonyl (C=O) groups excluding carboxylic acids is 1. The maximum absolute atomic E-state index is 13.4. The Balaban J connectivity index is 1.47. The van der Waals surface area contributed by atoms with E-state index in [2.05, 4.69) is 35.2 Å². The largest absolute Gasteiger partial charge is 0.337 e. The van der Waals surface area contributed by atoms with Crippen molar-refractivity contribution in [3.63, 3.8) is 0 Å². The van der Waals surface area contributed by atoms with E-state index in [4.69, 9.17) is 0 Å². The highest BCUT2D eigenvalue weighted by molar-refractivity contribution is 7.99. The van der Waals surface area contributed by atoms with E-state index in [1.54, 1.807) is 0 Å². The van der Waals surface area contributed by atoms with Crippen LogP contribution in [0.4, 0.5) is 0 Å². The zero-order valence-electron chi connectivity index (χ0n) is 17.4. The van der Waals surface area contributed by atoms with Gasteiger partial charge in [0.25, 0.3) is 5.91 Å². The molecule has 1 aliphatic heterocycles. The monoisotopic (exact) mass is 427 g/mol. The zero-order valence-corrected chi connectivity index (χ0v) is 18.2. The molecule has 4 rings (SSSR count). The van der Waals surface area contributed by atoms with Crippen LogP contribution in [0.25, 0.3) is 0 Å². The van der Waals surface area contributed by atoms with Gasteiger partial charge in [-0.05, 0) is 36.2 Å². The van der Waals surface area contributed by atoms with Crippen LogP contribution >= 0.6 is 11.8 Å². The Labute approximate surface area is 188 Å². The molecule has 31 heavy (non-hydrogen) atoms. The second kappa shape index (κ2) is 10.3. The zero-order chi connectivity index (χ0) is 21.5. The van der Waals surface area contributed by atoms with Gasteiger partial charge in [-0.25, -0.2) is 0 Å². The fourth-order valence-electron chi connectivity index (χ4n) is 3.84. The molecular weight excluding hydrogens is 402 g/mol. The van der Waals surface area contributed by atoms with Crippen molar-refractivity contribution in [2.45, 2.75) is 22.8 Å². The summed E-state index contributed by atoms with van der Waals surface area (Å²) in [5.41, 5.74) is 2.64. The van der Waals surface area contributed by atoms with Gasteiger partial charge in [0.1, 0.15) is 6.07 Å². The minimum atomic E-state index is 0.0686.